The molecule has 1 aromatic heterocycles. The minimum Gasteiger partial charge on any atom is -0.493 e. The number of fused-ring (bicyclic) bond motifs is 1. The van der Waals surface area contributed by atoms with Crippen LogP contribution in [0.15, 0.2) is 47.2 Å². The van der Waals surface area contributed by atoms with E-state index >= 15 is 8.78 Å². The van der Waals surface area contributed by atoms with Crippen LogP contribution >= 0.6 is 0 Å². The Morgan fingerprint density at radius 1 is 1.13 bits per heavy atom. The largest absolute Gasteiger partial charge is 0.493 e. The Morgan fingerprint density at radius 2 is 1.79 bits per heavy atom. The van der Waals surface area contributed by atoms with Crippen molar-refractivity contribution in [2.45, 2.75) is 13.5 Å². The first kappa shape index (κ1) is 27.0. The van der Waals surface area contributed by atoms with Crippen molar-refractivity contribution < 1.29 is 27.4 Å². The second-order valence-electron chi connectivity index (χ2n) is 8.45. The van der Waals surface area contributed by atoms with Crippen molar-refractivity contribution in [3.8, 4) is 17.6 Å². The number of aromatic nitrogens is 1. The van der Waals surface area contributed by atoms with Gasteiger partial charge in [0.1, 0.15) is 11.5 Å². The number of hydrogen-bond acceptors (Lipinski definition) is 7. The molecular weight excluding hydrogens is 513 g/mol. The lowest BCUT2D eigenvalue weighted by molar-refractivity contribution is 0.251. The second kappa shape index (κ2) is 10.7. The quantitative estimate of drug-likeness (QED) is 0.441. The maximum absolute atomic E-state index is 15.5. The molecule has 2 aromatic carbocycles. The van der Waals surface area contributed by atoms with Gasteiger partial charge in [0.05, 0.1) is 49.5 Å². The lowest BCUT2D eigenvalue weighted by Crippen LogP contribution is -2.46. The zero-order valence-electron chi connectivity index (χ0n) is 21.4. The first-order valence-corrected chi connectivity index (χ1v) is 11.4. The molecular formula is C27H23F3N6O3. The Labute approximate surface area is 222 Å². The molecule has 2 heterocycles. The lowest BCUT2D eigenvalue weighted by atomic mass is 10.0. The molecule has 0 radical (unpaired) electrons. The molecule has 0 bridgehead atoms. The molecule has 0 aliphatic carbocycles. The Kier molecular flexibility index (Phi) is 7.44. The Bertz CT molecular complexity index is 1550. The number of nitrogens with two attached hydrogens (primary N) is 1. The average molecular weight is 537 g/mol. The fraction of sp³-hybridized carbons (Fsp3) is 0.185. The summed E-state index contributed by atoms with van der Waals surface area (Å²) in [4.78, 5) is 24.3. The molecule has 0 spiro atoms. The highest BCUT2D eigenvalue weighted by Gasteiger charge is 2.38. The normalized spacial score (nSPS) is 13.7. The third kappa shape index (κ3) is 4.82. The number of anilines is 3. The van der Waals surface area contributed by atoms with Crippen molar-refractivity contribution in [2.75, 3.05) is 31.1 Å². The van der Waals surface area contributed by atoms with Crippen LogP contribution in [0.4, 0.5) is 35.0 Å². The van der Waals surface area contributed by atoms with E-state index in [0.29, 0.717) is 22.5 Å². The van der Waals surface area contributed by atoms with E-state index in [-0.39, 0.29) is 35.0 Å². The number of nitrogens with zero attached hydrogens (tertiary/aromatic N) is 5. The van der Waals surface area contributed by atoms with E-state index in [9.17, 15) is 14.4 Å². The number of rotatable bonds is 6. The number of nitriles is 1. The molecule has 1 aliphatic heterocycles. The molecule has 200 valence electrons. The topological polar surface area (TPSA) is 117 Å². The molecule has 4 rings (SSSR count). The van der Waals surface area contributed by atoms with Crippen LogP contribution in [0.25, 0.3) is 5.57 Å². The summed E-state index contributed by atoms with van der Waals surface area (Å²) < 4.78 is 55.5. The van der Waals surface area contributed by atoms with Crippen LogP contribution in [0.5, 0.6) is 11.5 Å². The fourth-order valence-electron chi connectivity index (χ4n) is 4.21. The second-order valence-corrected chi connectivity index (χ2v) is 8.45. The highest BCUT2D eigenvalue weighted by atomic mass is 19.1. The minimum atomic E-state index is -1.14. The molecule has 1 aliphatic rings. The van der Waals surface area contributed by atoms with Gasteiger partial charge in [-0.25, -0.2) is 18.0 Å². The van der Waals surface area contributed by atoms with E-state index in [1.807, 2.05) is 6.07 Å². The van der Waals surface area contributed by atoms with E-state index in [2.05, 4.69) is 9.98 Å². The SMILES string of the molecule is CN=CC(=C(C)N)c1cc2c(cn1)CN(c1c(F)c(OC)cc(OC)c1F)C(=O)N2c1cc(F)cc(C#N)c1. The summed E-state index contributed by atoms with van der Waals surface area (Å²) >= 11 is 0. The van der Waals surface area contributed by atoms with Crippen molar-refractivity contribution in [1.29, 1.82) is 5.26 Å². The highest BCUT2D eigenvalue weighted by Crippen LogP contribution is 2.43. The molecule has 2 amide bonds. The van der Waals surface area contributed by atoms with Gasteiger partial charge in [-0.1, -0.05) is 0 Å². The molecule has 0 saturated carbocycles. The fourth-order valence-corrected chi connectivity index (χ4v) is 4.21. The van der Waals surface area contributed by atoms with Crippen LogP contribution in [0.2, 0.25) is 0 Å². The van der Waals surface area contributed by atoms with Gasteiger partial charge in [0.15, 0.2) is 23.1 Å². The van der Waals surface area contributed by atoms with Crippen LogP contribution in [0, 0.1) is 28.8 Å². The van der Waals surface area contributed by atoms with Crippen molar-refractivity contribution >= 4 is 34.9 Å². The first-order chi connectivity index (χ1) is 18.6. The van der Waals surface area contributed by atoms with Gasteiger partial charge < -0.3 is 15.2 Å². The van der Waals surface area contributed by atoms with Crippen molar-refractivity contribution in [3.05, 3.63) is 76.5 Å². The van der Waals surface area contributed by atoms with Gasteiger partial charge in [-0.05, 0) is 31.2 Å². The van der Waals surface area contributed by atoms with Crippen LogP contribution in [-0.4, -0.2) is 38.5 Å². The van der Waals surface area contributed by atoms with Crippen LogP contribution < -0.4 is 25.0 Å². The Morgan fingerprint density at radius 3 is 2.36 bits per heavy atom. The monoisotopic (exact) mass is 536 g/mol. The van der Waals surface area contributed by atoms with Gasteiger partial charge in [-0.15, -0.1) is 0 Å². The number of ether oxygens (including phenoxy) is 2. The van der Waals surface area contributed by atoms with E-state index < -0.39 is 29.2 Å². The molecule has 2 N–H and O–H groups in total. The molecule has 39 heavy (non-hydrogen) atoms. The van der Waals surface area contributed by atoms with Gasteiger partial charge >= 0.3 is 6.03 Å². The summed E-state index contributed by atoms with van der Waals surface area (Å²) in [6.45, 7) is 1.35. The van der Waals surface area contributed by atoms with Gasteiger partial charge in [0, 0.05) is 42.4 Å². The number of carbonyl (C=O) groups is 1. The molecule has 0 atom stereocenters. The van der Waals surface area contributed by atoms with Crippen LogP contribution in [0.1, 0.15) is 23.7 Å². The van der Waals surface area contributed by atoms with Crippen LogP contribution in [-0.2, 0) is 6.54 Å². The zero-order chi connectivity index (χ0) is 28.4. The van der Waals surface area contributed by atoms with Gasteiger partial charge in [0.2, 0.25) is 0 Å². The number of urea groups is 1. The molecule has 0 saturated heterocycles. The Hall–Kier alpha value is -5.05. The number of allylic oxidation sites excluding steroid dienone is 2. The van der Waals surface area contributed by atoms with Gasteiger partial charge in [-0.3, -0.25) is 19.8 Å². The molecule has 9 nitrogen and oxygen atoms in total. The molecule has 0 unspecified atom stereocenters. The van der Waals surface area contributed by atoms with E-state index in [1.54, 1.807) is 14.0 Å². The summed E-state index contributed by atoms with van der Waals surface area (Å²) in [5, 5.41) is 9.40. The molecule has 0 fully saturated rings. The maximum atomic E-state index is 15.5. The standard InChI is InChI=1S/C27H23F3N6O3/c1-14(32)19(12-33-2)20-8-21-16(11-34-20)13-35(26-24(29)22(38-3)9-23(39-4)25(26)30)27(37)36(21)18-6-15(10-31)5-17(28)7-18/h5-9,11-12H,13,32H2,1-4H3. The highest BCUT2D eigenvalue weighted by molar-refractivity contribution is 6.13. The molecule has 3 aromatic rings. The van der Waals surface area contributed by atoms with E-state index in [1.165, 1.54) is 38.8 Å². The number of halogens is 3. The number of hydrogen-bond donors (Lipinski definition) is 1. The van der Waals surface area contributed by atoms with Crippen molar-refractivity contribution in [2.24, 2.45) is 10.7 Å². The van der Waals surface area contributed by atoms with E-state index in [4.69, 9.17) is 15.2 Å². The third-order valence-corrected chi connectivity index (χ3v) is 6.00. The van der Waals surface area contributed by atoms with E-state index in [0.717, 1.165) is 28.0 Å². The summed E-state index contributed by atoms with van der Waals surface area (Å²) in [6.07, 6.45) is 2.91. The number of amides is 2. The van der Waals surface area contributed by atoms with Gasteiger partial charge in [0.25, 0.3) is 0 Å². The lowest BCUT2D eigenvalue weighted by Gasteiger charge is -2.37. The average Bonchev–Trinajstić information content (AvgIpc) is 2.91. The van der Waals surface area contributed by atoms with Gasteiger partial charge in [-0.2, -0.15) is 5.26 Å². The predicted molar refractivity (Wildman–Crippen MR) is 140 cm³/mol. The number of methoxy groups -OCH3 is 2. The first-order valence-electron chi connectivity index (χ1n) is 11.4. The number of aliphatic imine (C=N–C) groups is 1. The summed E-state index contributed by atoms with van der Waals surface area (Å²) in [5.74, 6) is -3.78. The van der Waals surface area contributed by atoms with Crippen molar-refractivity contribution in [1.82, 2.24) is 4.98 Å². The summed E-state index contributed by atoms with van der Waals surface area (Å²) in [6, 6.07) is 6.78. The number of pyridine rings is 1. The minimum absolute atomic E-state index is 0.0468. The summed E-state index contributed by atoms with van der Waals surface area (Å²) in [5.41, 5.74) is 7.00. The number of benzene rings is 2. The van der Waals surface area contributed by atoms with Crippen molar-refractivity contribution in [3.63, 3.8) is 0 Å². The molecule has 12 heteroatoms. The summed E-state index contributed by atoms with van der Waals surface area (Å²) in [7, 11) is 3.92. The smallest absolute Gasteiger partial charge is 0.334 e. The Balaban J connectivity index is 2.01. The zero-order valence-corrected chi connectivity index (χ0v) is 21.4. The third-order valence-electron chi connectivity index (χ3n) is 6.00. The predicted octanol–water partition coefficient (Wildman–Crippen LogP) is 5.06. The maximum Gasteiger partial charge on any atom is 0.334 e. The number of carbonyl (C=O) groups excluding carboxylic acids is 1. The van der Waals surface area contributed by atoms with Crippen LogP contribution in [0.3, 0.4) is 0 Å².